The highest BCUT2D eigenvalue weighted by atomic mass is 16.6. The molecule has 0 aromatic rings. The van der Waals surface area contributed by atoms with Crippen molar-refractivity contribution in [2.24, 2.45) is 23.7 Å². The van der Waals surface area contributed by atoms with E-state index < -0.39 is 11.6 Å². The van der Waals surface area contributed by atoms with Crippen molar-refractivity contribution in [1.82, 2.24) is 4.90 Å². The van der Waals surface area contributed by atoms with Crippen molar-refractivity contribution in [3.05, 3.63) is 0 Å². The third kappa shape index (κ3) is 5.50. The van der Waals surface area contributed by atoms with Gasteiger partial charge in [-0.3, -0.25) is 4.79 Å². The zero-order chi connectivity index (χ0) is 17.9. The summed E-state index contributed by atoms with van der Waals surface area (Å²) in [6.07, 6.45) is 3.22. The molecule has 0 aromatic carbocycles. The number of rotatable bonds is 4. The van der Waals surface area contributed by atoms with Gasteiger partial charge in [-0.15, -0.1) is 0 Å². The molecule has 0 heterocycles. The number of esters is 1. The SMILES string of the molecule is CC(C)[C@@H]1CC[C@@H](C)C[C@H]1C(=O)N(C)[C@H](C)C(=O)OC(C)(C)C. The lowest BCUT2D eigenvalue weighted by molar-refractivity contribution is -0.164. The number of hydrogen-bond donors (Lipinski definition) is 0. The lowest BCUT2D eigenvalue weighted by Crippen LogP contribution is -2.48. The molecule has 134 valence electrons. The first-order valence-electron chi connectivity index (χ1n) is 8.93. The largest absolute Gasteiger partial charge is 0.458 e. The van der Waals surface area contributed by atoms with Gasteiger partial charge < -0.3 is 9.64 Å². The quantitative estimate of drug-likeness (QED) is 0.737. The zero-order valence-corrected chi connectivity index (χ0v) is 16.2. The molecule has 0 bridgehead atoms. The topological polar surface area (TPSA) is 46.6 Å². The van der Waals surface area contributed by atoms with Crippen LogP contribution in [0.1, 0.15) is 67.7 Å². The van der Waals surface area contributed by atoms with E-state index in [9.17, 15) is 9.59 Å². The third-order valence-electron chi connectivity index (χ3n) is 5.02. The Morgan fingerprint density at radius 3 is 2.17 bits per heavy atom. The Morgan fingerprint density at radius 1 is 1.13 bits per heavy atom. The monoisotopic (exact) mass is 325 g/mol. The maximum Gasteiger partial charge on any atom is 0.329 e. The van der Waals surface area contributed by atoms with Crippen LogP contribution in [-0.2, 0) is 14.3 Å². The summed E-state index contributed by atoms with van der Waals surface area (Å²) in [6.45, 7) is 13.9. The van der Waals surface area contributed by atoms with Crippen LogP contribution in [-0.4, -0.2) is 35.5 Å². The van der Waals surface area contributed by atoms with E-state index in [0.29, 0.717) is 17.8 Å². The van der Waals surface area contributed by atoms with Crippen molar-refractivity contribution in [2.45, 2.75) is 79.4 Å². The molecule has 4 atom stereocenters. The van der Waals surface area contributed by atoms with Gasteiger partial charge in [0.2, 0.25) is 5.91 Å². The van der Waals surface area contributed by atoms with Crippen LogP contribution in [0.15, 0.2) is 0 Å². The molecule has 4 heteroatoms. The molecule has 0 spiro atoms. The fourth-order valence-electron chi connectivity index (χ4n) is 3.48. The number of amides is 1. The van der Waals surface area contributed by atoms with Gasteiger partial charge in [-0.25, -0.2) is 4.79 Å². The molecule has 4 nitrogen and oxygen atoms in total. The first-order chi connectivity index (χ1) is 10.4. The van der Waals surface area contributed by atoms with E-state index in [-0.39, 0.29) is 17.8 Å². The standard InChI is InChI=1S/C19H35NO3/c1-12(2)15-10-9-13(3)11-16(15)17(21)20(8)14(4)18(22)23-19(5,6)7/h12-16H,9-11H2,1-8H3/t13-,14-,15+,16-/m1/s1. The fraction of sp³-hybridized carbons (Fsp3) is 0.895. The average Bonchev–Trinajstić information content (AvgIpc) is 2.42. The number of ether oxygens (including phenoxy) is 1. The van der Waals surface area contributed by atoms with E-state index in [0.717, 1.165) is 12.8 Å². The van der Waals surface area contributed by atoms with Gasteiger partial charge in [-0.2, -0.15) is 0 Å². The molecule has 0 N–H and O–H groups in total. The third-order valence-corrected chi connectivity index (χ3v) is 5.02. The predicted octanol–water partition coefficient (Wildman–Crippen LogP) is 3.88. The van der Waals surface area contributed by atoms with E-state index in [2.05, 4.69) is 20.8 Å². The summed E-state index contributed by atoms with van der Waals surface area (Å²) in [5.74, 6) is 1.25. The Bertz CT molecular complexity index is 425. The molecule has 1 saturated carbocycles. The first kappa shape index (κ1) is 20.0. The van der Waals surface area contributed by atoms with Gasteiger partial charge in [-0.05, 0) is 58.3 Å². The molecule has 1 rings (SSSR count). The van der Waals surface area contributed by atoms with Crippen molar-refractivity contribution in [1.29, 1.82) is 0 Å². The van der Waals surface area contributed by atoms with Crippen LogP contribution in [0, 0.1) is 23.7 Å². The first-order valence-corrected chi connectivity index (χ1v) is 8.93. The molecule has 0 unspecified atom stereocenters. The maximum atomic E-state index is 13.0. The van der Waals surface area contributed by atoms with Crippen LogP contribution in [0.25, 0.3) is 0 Å². The van der Waals surface area contributed by atoms with E-state index in [4.69, 9.17) is 4.74 Å². The summed E-state index contributed by atoms with van der Waals surface area (Å²) in [7, 11) is 1.73. The minimum Gasteiger partial charge on any atom is -0.458 e. The van der Waals surface area contributed by atoms with Gasteiger partial charge in [0.25, 0.3) is 0 Å². The van der Waals surface area contributed by atoms with Crippen molar-refractivity contribution in [2.75, 3.05) is 7.05 Å². The molecular formula is C19H35NO3. The average molecular weight is 325 g/mol. The Hall–Kier alpha value is -1.06. The van der Waals surface area contributed by atoms with Gasteiger partial charge in [-0.1, -0.05) is 27.2 Å². The number of carbonyl (C=O) groups is 2. The van der Waals surface area contributed by atoms with Crippen molar-refractivity contribution in [3.63, 3.8) is 0 Å². The maximum absolute atomic E-state index is 13.0. The fourth-order valence-corrected chi connectivity index (χ4v) is 3.48. The van der Waals surface area contributed by atoms with E-state index in [1.807, 2.05) is 20.8 Å². The van der Waals surface area contributed by atoms with E-state index >= 15 is 0 Å². The Kier molecular flexibility index (Phi) is 6.67. The minimum atomic E-state index is -0.549. The highest BCUT2D eigenvalue weighted by Crippen LogP contribution is 2.39. The van der Waals surface area contributed by atoms with Crippen molar-refractivity contribution < 1.29 is 14.3 Å². The molecule has 0 saturated heterocycles. The van der Waals surface area contributed by atoms with Gasteiger partial charge >= 0.3 is 5.97 Å². The number of hydrogen-bond acceptors (Lipinski definition) is 3. The Labute approximate surface area is 141 Å². The Balaban J connectivity index is 2.82. The highest BCUT2D eigenvalue weighted by molar-refractivity contribution is 5.85. The summed E-state index contributed by atoms with van der Waals surface area (Å²) >= 11 is 0. The number of nitrogens with zero attached hydrogens (tertiary/aromatic N) is 1. The predicted molar refractivity (Wildman–Crippen MR) is 92.9 cm³/mol. The molecule has 23 heavy (non-hydrogen) atoms. The van der Waals surface area contributed by atoms with Crippen LogP contribution < -0.4 is 0 Å². The molecule has 0 aromatic heterocycles. The summed E-state index contributed by atoms with van der Waals surface area (Å²) in [6, 6.07) is -0.549. The van der Waals surface area contributed by atoms with Crippen molar-refractivity contribution in [3.8, 4) is 0 Å². The van der Waals surface area contributed by atoms with Crippen LogP contribution >= 0.6 is 0 Å². The Morgan fingerprint density at radius 2 is 1.70 bits per heavy atom. The number of carbonyl (C=O) groups excluding carboxylic acids is 2. The van der Waals surface area contributed by atoms with Gasteiger partial charge in [0, 0.05) is 13.0 Å². The molecule has 0 aliphatic heterocycles. The summed E-state index contributed by atoms with van der Waals surface area (Å²) in [5.41, 5.74) is -0.533. The van der Waals surface area contributed by atoms with E-state index in [1.54, 1.807) is 18.9 Å². The molecule has 1 amide bonds. The van der Waals surface area contributed by atoms with Crippen LogP contribution in [0.3, 0.4) is 0 Å². The smallest absolute Gasteiger partial charge is 0.329 e. The highest BCUT2D eigenvalue weighted by Gasteiger charge is 2.39. The molecular weight excluding hydrogens is 290 g/mol. The lowest BCUT2D eigenvalue weighted by Gasteiger charge is -2.39. The van der Waals surface area contributed by atoms with Crippen LogP contribution in [0.5, 0.6) is 0 Å². The normalized spacial score (nSPS) is 26.7. The number of likely N-dealkylation sites (N-methyl/N-ethyl adjacent to an activating group) is 1. The van der Waals surface area contributed by atoms with Crippen molar-refractivity contribution >= 4 is 11.9 Å². The summed E-state index contributed by atoms with van der Waals surface area (Å²) < 4.78 is 5.42. The van der Waals surface area contributed by atoms with Gasteiger partial charge in [0.1, 0.15) is 11.6 Å². The summed E-state index contributed by atoms with van der Waals surface area (Å²) in [4.78, 5) is 26.8. The second kappa shape index (κ2) is 7.67. The van der Waals surface area contributed by atoms with Crippen LogP contribution in [0.4, 0.5) is 0 Å². The van der Waals surface area contributed by atoms with Gasteiger partial charge in [0.15, 0.2) is 0 Å². The minimum absolute atomic E-state index is 0.0219. The summed E-state index contributed by atoms with van der Waals surface area (Å²) in [5, 5.41) is 0. The van der Waals surface area contributed by atoms with Gasteiger partial charge in [0.05, 0.1) is 0 Å². The molecule has 0 radical (unpaired) electrons. The van der Waals surface area contributed by atoms with E-state index in [1.165, 1.54) is 6.42 Å². The van der Waals surface area contributed by atoms with Crippen LogP contribution in [0.2, 0.25) is 0 Å². The lowest BCUT2D eigenvalue weighted by atomic mass is 9.69. The molecule has 1 fully saturated rings. The second-order valence-corrected chi connectivity index (χ2v) is 8.59. The molecule has 1 aliphatic carbocycles. The second-order valence-electron chi connectivity index (χ2n) is 8.59. The zero-order valence-electron chi connectivity index (χ0n) is 16.2. The molecule has 1 aliphatic rings.